The number of halogens is 1. The first kappa shape index (κ1) is 22.6. The third-order valence-corrected chi connectivity index (χ3v) is 4.45. The van der Waals surface area contributed by atoms with E-state index >= 15 is 0 Å². The van der Waals surface area contributed by atoms with Crippen LogP contribution in [0.15, 0.2) is 54.6 Å². The van der Waals surface area contributed by atoms with Gasteiger partial charge in [-0.2, -0.15) is 0 Å². The molecule has 1 aromatic heterocycles. The first-order chi connectivity index (χ1) is 12.9. The van der Waals surface area contributed by atoms with Crippen molar-refractivity contribution in [1.29, 1.82) is 0 Å². The van der Waals surface area contributed by atoms with Gasteiger partial charge in [0.2, 0.25) is 0 Å². The molecule has 1 heterocycles. The number of hydrogen-bond donors (Lipinski definition) is 1. The molecule has 0 aliphatic rings. The molecule has 0 unspecified atom stereocenters. The van der Waals surface area contributed by atoms with Crippen LogP contribution in [0, 0.1) is 12.8 Å². The molecule has 0 aliphatic carbocycles. The van der Waals surface area contributed by atoms with Crippen molar-refractivity contribution in [2.45, 2.75) is 20.8 Å². The maximum absolute atomic E-state index is 11.4. The quantitative estimate of drug-likeness (QED) is 0.553. The summed E-state index contributed by atoms with van der Waals surface area (Å²) in [6.07, 6.45) is 0. The first-order valence-electron chi connectivity index (χ1n) is 8.81. The van der Waals surface area contributed by atoms with Crippen LogP contribution >= 0.6 is 11.6 Å². The second-order valence-electron chi connectivity index (χ2n) is 6.90. The van der Waals surface area contributed by atoms with Crippen LogP contribution in [0.25, 0.3) is 16.9 Å². The molecule has 1 radical (unpaired) electrons. The molecule has 0 saturated carbocycles. The Morgan fingerprint density at radius 3 is 2.57 bits per heavy atom. The fraction of sp³-hybridized carbons (Fsp3) is 0.227. The van der Waals surface area contributed by atoms with E-state index in [2.05, 4.69) is 13.8 Å². The van der Waals surface area contributed by atoms with Gasteiger partial charge in [0.05, 0.1) is 17.9 Å². The SMILES string of the molecule is Cc1ccc(-c2cc(Cl)ccc2OCC(C)C)n1-c1cccc(C(=O)O)c1.[Na]. The molecule has 4 nitrogen and oxygen atoms in total. The molecule has 3 rings (SSSR count). The van der Waals surface area contributed by atoms with Crippen molar-refractivity contribution in [2.24, 2.45) is 5.92 Å². The number of carbonyl (C=O) groups is 1. The largest absolute Gasteiger partial charge is 0.493 e. The van der Waals surface area contributed by atoms with Crippen molar-refractivity contribution in [2.75, 3.05) is 6.61 Å². The monoisotopic (exact) mass is 406 g/mol. The summed E-state index contributed by atoms with van der Waals surface area (Å²) in [5, 5.41) is 9.94. The van der Waals surface area contributed by atoms with Gasteiger partial charge < -0.3 is 14.4 Å². The van der Waals surface area contributed by atoms with Gasteiger partial charge >= 0.3 is 5.97 Å². The van der Waals surface area contributed by atoms with Crippen LogP contribution in [0.2, 0.25) is 5.02 Å². The standard InChI is InChI=1S/C22H22ClNO3.Na/c1-14(2)13-27-21-10-8-17(23)12-19(21)20-9-7-15(3)24(20)18-6-4-5-16(11-18)22(25)26;/h4-12,14H,13H2,1-3H3,(H,25,26);. The number of ether oxygens (including phenoxy) is 1. The Balaban J connectivity index is 0.00000280. The Morgan fingerprint density at radius 1 is 1.14 bits per heavy atom. The summed E-state index contributed by atoms with van der Waals surface area (Å²) in [6, 6.07) is 16.4. The Bertz CT molecular complexity index is 982. The first-order valence-corrected chi connectivity index (χ1v) is 9.19. The molecule has 0 spiro atoms. The third-order valence-electron chi connectivity index (χ3n) is 4.22. The number of hydrogen-bond acceptors (Lipinski definition) is 2. The fourth-order valence-corrected chi connectivity index (χ4v) is 3.13. The van der Waals surface area contributed by atoms with E-state index in [1.54, 1.807) is 18.2 Å². The summed E-state index contributed by atoms with van der Waals surface area (Å²) in [5.74, 6) is 0.197. The van der Waals surface area contributed by atoms with Gasteiger partial charge in [0.1, 0.15) is 5.75 Å². The van der Waals surface area contributed by atoms with E-state index in [0.29, 0.717) is 17.5 Å². The number of aryl methyl sites for hydroxylation is 1. The summed E-state index contributed by atoms with van der Waals surface area (Å²) in [6.45, 7) is 6.78. The van der Waals surface area contributed by atoms with Crippen molar-refractivity contribution >= 4 is 47.1 Å². The number of carboxylic acids is 1. The molecule has 6 heteroatoms. The topological polar surface area (TPSA) is 51.5 Å². The number of benzene rings is 2. The zero-order valence-corrected chi connectivity index (χ0v) is 19.3. The number of carboxylic acid groups (broad SMARTS) is 1. The van der Waals surface area contributed by atoms with Crippen LogP contribution in [0.4, 0.5) is 0 Å². The van der Waals surface area contributed by atoms with Gasteiger partial charge in [-0.25, -0.2) is 4.79 Å². The molecule has 0 atom stereocenters. The summed E-state index contributed by atoms with van der Waals surface area (Å²) in [7, 11) is 0. The molecular formula is C22H22ClNNaO3. The summed E-state index contributed by atoms with van der Waals surface area (Å²) in [4.78, 5) is 11.4. The predicted molar refractivity (Wildman–Crippen MR) is 114 cm³/mol. The van der Waals surface area contributed by atoms with Crippen molar-refractivity contribution in [1.82, 2.24) is 4.57 Å². The minimum Gasteiger partial charge on any atom is -0.493 e. The minimum atomic E-state index is -0.952. The van der Waals surface area contributed by atoms with Crippen molar-refractivity contribution in [3.63, 3.8) is 0 Å². The van der Waals surface area contributed by atoms with Gasteiger partial charge in [-0.15, -0.1) is 0 Å². The molecule has 0 bridgehead atoms. The van der Waals surface area contributed by atoms with Crippen LogP contribution in [0.5, 0.6) is 5.75 Å². The van der Waals surface area contributed by atoms with Crippen molar-refractivity contribution < 1.29 is 14.6 Å². The average molecular weight is 407 g/mol. The number of rotatable bonds is 6. The second kappa shape index (κ2) is 9.66. The Labute approximate surface area is 192 Å². The molecule has 0 saturated heterocycles. The van der Waals surface area contributed by atoms with Crippen molar-refractivity contribution in [3.8, 4) is 22.7 Å². The van der Waals surface area contributed by atoms with Crippen molar-refractivity contribution in [3.05, 3.63) is 70.9 Å². The maximum atomic E-state index is 11.4. The van der Waals surface area contributed by atoms with Crippen LogP contribution in [-0.4, -0.2) is 51.8 Å². The summed E-state index contributed by atoms with van der Waals surface area (Å²) in [5.41, 5.74) is 3.78. The Hall–Kier alpha value is -1.72. The van der Waals surface area contributed by atoms with Crippen LogP contribution in [0.1, 0.15) is 29.9 Å². The van der Waals surface area contributed by atoms with Gasteiger partial charge in [-0.3, -0.25) is 0 Å². The Morgan fingerprint density at radius 2 is 1.89 bits per heavy atom. The molecule has 141 valence electrons. The molecule has 0 fully saturated rings. The molecular weight excluding hydrogens is 385 g/mol. The molecule has 3 aromatic rings. The third kappa shape index (κ3) is 5.00. The second-order valence-corrected chi connectivity index (χ2v) is 7.33. The van der Waals surface area contributed by atoms with Crippen LogP contribution in [0.3, 0.4) is 0 Å². The minimum absolute atomic E-state index is 0. The molecule has 28 heavy (non-hydrogen) atoms. The smallest absolute Gasteiger partial charge is 0.335 e. The summed E-state index contributed by atoms with van der Waals surface area (Å²) < 4.78 is 8.02. The predicted octanol–water partition coefficient (Wildman–Crippen LogP) is 5.46. The van der Waals surface area contributed by atoms with Gasteiger partial charge in [-0.05, 0) is 61.4 Å². The van der Waals surface area contributed by atoms with E-state index in [1.165, 1.54) is 0 Å². The number of nitrogens with zero attached hydrogens (tertiary/aromatic N) is 1. The van der Waals surface area contributed by atoms with Crippen LogP contribution in [-0.2, 0) is 0 Å². The zero-order valence-electron chi connectivity index (χ0n) is 16.6. The maximum Gasteiger partial charge on any atom is 0.335 e. The van der Waals surface area contributed by atoms with E-state index in [4.69, 9.17) is 16.3 Å². The van der Waals surface area contributed by atoms with Gasteiger partial charge in [-0.1, -0.05) is 31.5 Å². The normalized spacial score (nSPS) is 10.6. The molecule has 0 aliphatic heterocycles. The fourth-order valence-electron chi connectivity index (χ4n) is 2.95. The van der Waals surface area contributed by atoms with E-state index in [0.717, 1.165) is 28.4 Å². The van der Waals surface area contributed by atoms with Gasteiger partial charge in [0.25, 0.3) is 0 Å². The molecule has 1 N–H and O–H groups in total. The zero-order chi connectivity index (χ0) is 19.6. The number of aromatic nitrogens is 1. The Kier molecular flexibility index (Phi) is 7.79. The average Bonchev–Trinajstić information content (AvgIpc) is 3.02. The van der Waals surface area contributed by atoms with E-state index < -0.39 is 5.97 Å². The van der Waals surface area contributed by atoms with E-state index in [9.17, 15) is 9.90 Å². The van der Waals surface area contributed by atoms with E-state index in [-0.39, 0.29) is 35.1 Å². The number of aromatic carboxylic acids is 1. The van der Waals surface area contributed by atoms with E-state index in [1.807, 2.05) is 47.9 Å². The van der Waals surface area contributed by atoms with Crippen LogP contribution < -0.4 is 4.74 Å². The van der Waals surface area contributed by atoms with Gasteiger partial charge in [0.15, 0.2) is 0 Å². The summed E-state index contributed by atoms with van der Waals surface area (Å²) >= 11 is 6.26. The molecule has 2 aromatic carbocycles. The van der Waals surface area contributed by atoms with Gasteiger partial charge in [0, 0.05) is 51.5 Å². The molecule has 0 amide bonds.